The average molecular weight is 194 g/mol. The van der Waals surface area contributed by atoms with Crippen molar-refractivity contribution < 1.29 is 0 Å². The number of thiol groups is 1. The van der Waals surface area contributed by atoms with Gasteiger partial charge in [-0.25, -0.2) is 0 Å². The Morgan fingerprint density at radius 1 is 1.23 bits per heavy atom. The van der Waals surface area contributed by atoms with Crippen LogP contribution in [0.2, 0.25) is 0 Å². The Hall–Kier alpha value is -0.830. The molecule has 1 aliphatic carbocycles. The molecule has 0 radical (unpaired) electrons. The fourth-order valence-electron chi connectivity index (χ4n) is 1.08. The molecule has 1 aliphatic rings. The van der Waals surface area contributed by atoms with Crippen LogP contribution in [0.4, 0.5) is 0 Å². The van der Waals surface area contributed by atoms with Crippen LogP contribution >= 0.6 is 12.6 Å². The molecule has 0 aromatic rings. The molecule has 3 heteroatoms. The van der Waals surface area contributed by atoms with E-state index in [9.17, 15) is 0 Å². The van der Waals surface area contributed by atoms with Gasteiger partial charge in [0, 0.05) is 18.0 Å². The van der Waals surface area contributed by atoms with Gasteiger partial charge in [-0.05, 0) is 32.1 Å². The molecular weight excluding hydrogens is 180 g/mol. The summed E-state index contributed by atoms with van der Waals surface area (Å²) in [5.74, 6) is 0. The van der Waals surface area contributed by atoms with Crippen molar-refractivity contribution in [1.29, 1.82) is 0 Å². The van der Waals surface area contributed by atoms with Crippen molar-refractivity contribution in [2.45, 2.75) is 19.9 Å². The molecule has 0 amide bonds. The van der Waals surface area contributed by atoms with Gasteiger partial charge in [-0.1, -0.05) is 0 Å². The highest BCUT2D eigenvalue weighted by Crippen LogP contribution is 2.10. The second-order valence-electron chi connectivity index (χ2n) is 3.12. The monoisotopic (exact) mass is 194 g/mol. The third kappa shape index (κ3) is 2.84. The number of hydrogen-bond acceptors (Lipinski definition) is 3. The first-order valence-corrected chi connectivity index (χ1v) is 4.72. The van der Waals surface area contributed by atoms with Gasteiger partial charge in [0.2, 0.25) is 0 Å². The fraction of sp³-hybridized carbons (Fsp3) is 0.400. The third-order valence-corrected chi connectivity index (χ3v) is 1.88. The first kappa shape index (κ1) is 10.3. The average Bonchev–Trinajstić information content (AvgIpc) is 2.07. The Bertz CT molecular complexity index is 309. The van der Waals surface area contributed by atoms with Crippen LogP contribution in [0.1, 0.15) is 13.8 Å². The molecule has 1 rings (SSSR count). The summed E-state index contributed by atoms with van der Waals surface area (Å²) in [6.45, 7) is 4.10. The second kappa shape index (κ2) is 4.42. The summed E-state index contributed by atoms with van der Waals surface area (Å²) in [5, 5.41) is 0. The van der Waals surface area contributed by atoms with Gasteiger partial charge in [-0.3, -0.25) is 9.98 Å². The van der Waals surface area contributed by atoms with Gasteiger partial charge in [0.05, 0.1) is 11.4 Å². The number of nitrogens with zero attached hydrogens (tertiary/aromatic N) is 2. The van der Waals surface area contributed by atoms with E-state index in [-0.39, 0.29) is 0 Å². The van der Waals surface area contributed by atoms with Gasteiger partial charge in [-0.15, -0.1) is 12.6 Å². The minimum absolute atomic E-state index is 0.297. The van der Waals surface area contributed by atoms with E-state index < -0.39 is 0 Å². The zero-order valence-corrected chi connectivity index (χ0v) is 9.05. The van der Waals surface area contributed by atoms with E-state index in [4.69, 9.17) is 0 Å². The van der Waals surface area contributed by atoms with E-state index in [1.54, 1.807) is 7.05 Å². The molecule has 0 heterocycles. The highest BCUT2D eigenvalue weighted by molar-refractivity contribution is 7.84. The maximum Gasteiger partial charge on any atom is 0.0834 e. The maximum absolute atomic E-state index is 4.44. The summed E-state index contributed by atoms with van der Waals surface area (Å²) in [6.07, 6.45) is 5.80. The van der Waals surface area contributed by atoms with Crippen LogP contribution in [0.3, 0.4) is 0 Å². The topological polar surface area (TPSA) is 24.7 Å². The smallest absolute Gasteiger partial charge is 0.0834 e. The molecule has 0 aliphatic heterocycles. The van der Waals surface area contributed by atoms with E-state index >= 15 is 0 Å². The van der Waals surface area contributed by atoms with Gasteiger partial charge in [0.15, 0.2) is 0 Å². The van der Waals surface area contributed by atoms with Crippen LogP contribution in [-0.2, 0) is 0 Å². The molecule has 0 saturated heterocycles. The van der Waals surface area contributed by atoms with E-state index in [0.717, 1.165) is 16.3 Å². The van der Waals surface area contributed by atoms with Crippen molar-refractivity contribution in [2.24, 2.45) is 9.98 Å². The molecule has 2 nitrogen and oxygen atoms in total. The Morgan fingerprint density at radius 2 is 1.92 bits per heavy atom. The molecule has 0 atom stereocenters. The lowest BCUT2D eigenvalue weighted by molar-refractivity contribution is 0.839. The first-order valence-electron chi connectivity index (χ1n) is 4.27. The summed E-state index contributed by atoms with van der Waals surface area (Å²) < 4.78 is 0. The molecule has 0 aromatic heterocycles. The van der Waals surface area contributed by atoms with Crippen molar-refractivity contribution in [1.82, 2.24) is 0 Å². The summed E-state index contributed by atoms with van der Waals surface area (Å²) >= 11 is 4.24. The van der Waals surface area contributed by atoms with Crippen LogP contribution in [0.25, 0.3) is 0 Å². The van der Waals surface area contributed by atoms with Crippen molar-refractivity contribution in [3.05, 3.63) is 23.1 Å². The van der Waals surface area contributed by atoms with E-state index in [1.165, 1.54) is 0 Å². The Kier molecular flexibility index (Phi) is 3.48. The zero-order chi connectivity index (χ0) is 9.84. The molecule has 0 N–H and O–H groups in total. The molecule has 13 heavy (non-hydrogen) atoms. The van der Waals surface area contributed by atoms with E-state index in [0.29, 0.717) is 6.04 Å². The van der Waals surface area contributed by atoms with Crippen LogP contribution in [0.5, 0.6) is 0 Å². The lowest BCUT2D eigenvalue weighted by Gasteiger charge is -2.08. The summed E-state index contributed by atoms with van der Waals surface area (Å²) in [7, 11) is 1.77. The molecule has 0 aromatic carbocycles. The SMILES string of the molecule is C/N=C1/C=C(S)C=C/C1=N/C(C)C. The standard InChI is InChI=1S/C10H14N2S/c1-7(2)12-9-5-4-8(13)6-10(9)11-3/h4-7,13H,1-3H3/b11-10-,12-9-. The second-order valence-corrected chi connectivity index (χ2v) is 3.64. The van der Waals surface area contributed by atoms with Crippen molar-refractivity contribution in [3.63, 3.8) is 0 Å². The maximum atomic E-state index is 4.44. The minimum Gasteiger partial charge on any atom is -0.286 e. The molecule has 0 bridgehead atoms. The van der Waals surface area contributed by atoms with E-state index in [2.05, 4.69) is 22.6 Å². The van der Waals surface area contributed by atoms with Crippen LogP contribution in [-0.4, -0.2) is 24.5 Å². The van der Waals surface area contributed by atoms with Crippen molar-refractivity contribution in [3.8, 4) is 0 Å². The van der Waals surface area contributed by atoms with Crippen molar-refractivity contribution >= 4 is 24.1 Å². The number of rotatable bonds is 1. The van der Waals surface area contributed by atoms with Crippen LogP contribution in [0.15, 0.2) is 33.1 Å². The van der Waals surface area contributed by atoms with Crippen molar-refractivity contribution in [2.75, 3.05) is 7.05 Å². The Balaban J connectivity index is 2.98. The molecule has 0 saturated carbocycles. The molecule has 0 unspecified atom stereocenters. The summed E-state index contributed by atoms with van der Waals surface area (Å²) in [6, 6.07) is 0.297. The molecule has 0 fully saturated rings. The first-order chi connectivity index (χ1) is 6.13. The fourth-order valence-corrected chi connectivity index (χ4v) is 1.28. The Morgan fingerprint density at radius 3 is 2.46 bits per heavy atom. The Labute approximate surface area is 84.6 Å². The van der Waals surface area contributed by atoms with Crippen LogP contribution < -0.4 is 0 Å². The number of hydrogen-bond donors (Lipinski definition) is 1. The number of aliphatic imine (C=N–C) groups is 2. The molecule has 0 spiro atoms. The molecule has 70 valence electrons. The normalized spacial score (nSPS) is 23.0. The van der Waals surface area contributed by atoms with Gasteiger partial charge in [0.1, 0.15) is 0 Å². The highest BCUT2D eigenvalue weighted by Gasteiger charge is 2.07. The quantitative estimate of drug-likeness (QED) is 0.489. The zero-order valence-electron chi connectivity index (χ0n) is 8.15. The van der Waals surface area contributed by atoms with Crippen LogP contribution in [0, 0.1) is 0 Å². The van der Waals surface area contributed by atoms with Gasteiger partial charge in [0.25, 0.3) is 0 Å². The summed E-state index contributed by atoms with van der Waals surface area (Å²) in [4.78, 5) is 9.51. The van der Waals surface area contributed by atoms with E-state index in [1.807, 2.05) is 32.1 Å². The van der Waals surface area contributed by atoms with Gasteiger partial charge >= 0.3 is 0 Å². The summed E-state index contributed by atoms with van der Waals surface area (Å²) in [5.41, 5.74) is 1.84. The van der Waals surface area contributed by atoms with Gasteiger partial charge < -0.3 is 0 Å². The molecular formula is C10H14N2S. The lowest BCUT2D eigenvalue weighted by atomic mass is 10.1. The predicted octanol–water partition coefficient (Wildman–Crippen LogP) is 2.29. The minimum atomic E-state index is 0.297. The largest absolute Gasteiger partial charge is 0.286 e. The van der Waals surface area contributed by atoms with Gasteiger partial charge in [-0.2, -0.15) is 0 Å². The highest BCUT2D eigenvalue weighted by atomic mass is 32.1. The lowest BCUT2D eigenvalue weighted by Crippen LogP contribution is -2.14. The number of allylic oxidation sites excluding steroid dienone is 3. The predicted molar refractivity (Wildman–Crippen MR) is 62.1 cm³/mol. The third-order valence-electron chi connectivity index (χ3n) is 1.60.